The summed E-state index contributed by atoms with van der Waals surface area (Å²) < 4.78 is 0. The van der Waals surface area contributed by atoms with E-state index in [-0.39, 0.29) is 28.4 Å². The molecule has 5 nitrogen and oxygen atoms in total. The maximum Gasteiger partial charge on any atom is 0.252 e. The Bertz CT molecular complexity index is 3990. The van der Waals surface area contributed by atoms with Gasteiger partial charge in [-0.2, -0.15) is 5.10 Å². The van der Waals surface area contributed by atoms with E-state index >= 15 is 0 Å². The fraction of sp³-hybridized carbons (Fsp3) is 0.292. The minimum atomic E-state index is -0.394. The van der Waals surface area contributed by atoms with Crippen LogP contribution in [0.5, 0.6) is 0 Å². The molecular weight excluding hydrogens is 946 g/mol. The lowest BCUT2D eigenvalue weighted by Gasteiger charge is -2.51. The summed E-state index contributed by atoms with van der Waals surface area (Å²) in [5.74, 6) is 0. The maximum atomic E-state index is 4.39. The number of H-pyrrole nitrogens is 1. The lowest BCUT2D eigenvalue weighted by molar-refractivity contribution is 0.245. The molecule has 386 valence electrons. The number of aromatic nitrogens is 2. The molecular formula is C72H70BN5. The fourth-order valence-electron chi connectivity index (χ4n) is 15.9. The molecule has 0 fully saturated rings. The molecule has 0 radical (unpaired) electrons. The maximum absolute atomic E-state index is 4.39. The number of fused-ring (bicyclic) bond motifs is 11. The molecule has 1 N–H and O–H groups in total. The fourth-order valence-corrected chi connectivity index (χ4v) is 15.9. The Kier molecular flexibility index (Phi) is 9.93. The molecule has 0 saturated carbocycles. The van der Waals surface area contributed by atoms with E-state index in [1.54, 1.807) is 0 Å². The number of aromatic amines is 1. The van der Waals surface area contributed by atoms with Gasteiger partial charge in [0.05, 0.1) is 17.4 Å². The SMILES string of the molecule is Cc1cc2c3c(c1)N(c1ccc(C(C)(C)C)cc1-c1ccccc1)c1cc(N4c5ccc(-c6cn[nH]c6)cc5C5(C)CCc6ccccc6C45C)ccc1B3c1cc3c(cc1N2c1ccc2c(c1)CC(C)(C)C2)CC(C)(C)C3. The van der Waals surface area contributed by atoms with Crippen LogP contribution in [0.2, 0.25) is 0 Å². The average Bonchev–Trinajstić information content (AvgIpc) is 3.38. The Morgan fingerprint density at radius 1 is 0.513 bits per heavy atom. The Morgan fingerprint density at radius 2 is 1.19 bits per heavy atom. The second kappa shape index (κ2) is 16.3. The third kappa shape index (κ3) is 6.83. The first-order valence-corrected chi connectivity index (χ1v) is 28.8. The molecule has 3 aliphatic carbocycles. The number of anilines is 8. The van der Waals surface area contributed by atoms with Crippen LogP contribution in [0.4, 0.5) is 45.5 Å². The van der Waals surface area contributed by atoms with Crippen molar-refractivity contribution in [3.63, 3.8) is 0 Å². The molecule has 15 rings (SSSR count). The van der Waals surface area contributed by atoms with E-state index in [1.807, 2.05) is 12.4 Å². The quantitative estimate of drug-likeness (QED) is 0.174. The molecule has 8 aromatic carbocycles. The first-order chi connectivity index (χ1) is 37.4. The number of nitrogens with zero attached hydrogens (tertiary/aromatic N) is 4. The minimum Gasteiger partial charge on any atom is -0.330 e. The molecule has 0 amide bonds. The molecule has 9 aromatic rings. The molecule has 2 atom stereocenters. The summed E-state index contributed by atoms with van der Waals surface area (Å²) in [7, 11) is 0. The monoisotopic (exact) mass is 1020 g/mol. The Balaban J connectivity index is 1.03. The van der Waals surface area contributed by atoms with E-state index < -0.39 is 5.54 Å². The third-order valence-corrected chi connectivity index (χ3v) is 19.7. The van der Waals surface area contributed by atoms with Crippen molar-refractivity contribution in [2.24, 2.45) is 10.8 Å². The van der Waals surface area contributed by atoms with Gasteiger partial charge in [0.1, 0.15) is 0 Å². The molecule has 0 spiro atoms. The van der Waals surface area contributed by atoms with Gasteiger partial charge < -0.3 is 14.7 Å². The van der Waals surface area contributed by atoms with Crippen molar-refractivity contribution < 1.29 is 0 Å². The first kappa shape index (κ1) is 47.6. The summed E-state index contributed by atoms with van der Waals surface area (Å²) in [6.45, 7) is 24.2. The normalized spacial score (nSPS) is 20.6. The van der Waals surface area contributed by atoms with Gasteiger partial charge in [0.25, 0.3) is 6.71 Å². The van der Waals surface area contributed by atoms with Crippen LogP contribution in [-0.2, 0) is 48.5 Å². The van der Waals surface area contributed by atoms with Crippen LogP contribution in [0.25, 0.3) is 22.3 Å². The van der Waals surface area contributed by atoms with Crippen molar-refractivity contribution in [2.45, 2.75) is 124 Å². The molecule has 6 heteroatoms. The van der Waals surface area contributed by atoms with Gasteiger partial charge in [-0.1, -0.05) is 140 Å². The number of hydrogen-bond donors (Lipinski definition) is 1. The molecule has 6 aliphatic rings. The zero-order chi connectivity index (χ0) is 53.4. The van der Waals surface area contributed by atoms with Crippen LogP contribution >= 0.6 is 0 Å². The van der Waals surface area contributed by atoms with E-state index in [0.29, 0.717) is 0 Å². The lowest BCUT2D eigenvalue weighted by atomic mass is 9.33. The number of rotatable bonds is 5. The highest BCUT2D eigenvalue weighted by atomic mass is 15.3. The number of hydrogen-bond acceptors (Lipinski definition) is 4. The van der Waals surface area contributed by atoms with Crippen LogP contribution in [0.15, 0.2) is 164 Å². The second-order valence-electron chi connectivity index (χ2n) is 27.2. The summed E-state index contributed by atoms with van der Waals surface area (Å²) in [6, 6.07) is 60.3. The molecule has 0 bridgehead atoms. The molecule has 4 heterocycles. The minimum absolute atomic E-state index is 0.00168. The lowest BCUT2D eigenvalue weighted by Crippen LogP contribution is -2.61. The molecule has 0 saturated heterocycles. The van der Waals surface area contributed by atoms with Crippen molar-refractivity contribution in [2.75, 3.05) is 14.7 Å². The smallest absolute Gasteiger partial charge is 0.252 e. The predicted octanol–water partition coefficient (Wildman–Crippen LogP) is 16.0. The zero-order valence-corrected chi connectivity index (χ0v) is 47.2. The summed E-state index contributed by atoms with van der Waals surface area (Å²) in [5, 5.41) is 7.48. The molecule has 1 aromatic heterocycles. The molecule has 78 heavy (non-hydrogen) atoms. The van der Waals surface area contributed by atoms with E-state index in [1.165, 1.54) is 129 Å². The van der Waals surface area contributed by atoms with E-state index in [2.05, 4.69) is 246 Å². The Morgan fingerprint density at radius 3 is 1.95 bits per heavy atom. The van der Waals surface area contributed by atoms with Crippen LogP contribution in [-0.4, -0.2) is 16.9 Å². The van der Waals surface area contributed by atoms with Gasteiger partial charge in [-0.15, -0.1) is 0 Å². The third-order valence-electron chi connectivity index (χ3n) is 19.7. The van der Waals surface area contributed by atoms with Crippen molar-refractivity contribution in [1.29, 1.82) is 0 Å². The largest absolute Gasteiger partial charge is 0.330 e. The topological polar surface area (TPSA) is 38.4 Å². The number of nitrogens with one attached hydrogen (secondary N) is 1. The highest BCUT2D eigenvalue weighted by Gasteiger charge is 2.60. The van der Waals surface area contributed by atoms with E-state index in [0.717, 1.165) is 44.1 Å². The van der Waals surface area contributed by atoms with Crippen LogP contribution in [0, 0.1) is 17.8 Å². The van der Waals surface area contributed by atoms with Crippen LogP contribution in [0.1, 0.15) is 119 Å². The van der Waals surface area contributed by atoms with Gasteiger partial charge in [0.2, 0.25) is 0 Å². The number of benzene rings is 8. The second-order valence-corrected chi connectivity index (χ2v) is 27.2. The van der Waals surface area contributed by atoms with E-state index in [4.69, 9.17) is 0 Å². The highest BCUT2D eigenvalue weighted by molar-refractivity contribution is 7.00. The van der Waals surface area contributed by atoms with Crippen LogP contribution < -0.4 is 31.1 Å². The van der Waals surface area contributed by atoms with Crippen molar-refractivity contribution in [3.05, 3.63) is 214 Å². The van der Waals surface area contributed by atoms with Crippen LogP contribution in [0.3, 0.4) is 0 Å². The molecule has 2 unspecified atom stereocenters. The summed E-state index contributed by atoms with van der Waals surface area (Å²) in [4.78, 5) is 8.11. The molecule has 3 aliphatic heterocycles. The van der Waals surface area contributed by atoms with Crippen molar-refractivity contribution in [1.82, 2.24) is 10.2 Å². The summed E-state index contributed by atoms with van der Waals surface area (Å²) >= 11 is 0. The summed E-state index contributed by atoms with van der Waals surface area (Å²) in [6.07, 6.45) is 10.4. The summed E-state index contributed by atoms with van der Waals surface area (Å²) in [5.41, 5.74) is 31.5. The predicted molar refractivity (Wildman–Crippen MR) is 327 cm³/mol. The number of aryl methyl sites for hydroxylation is 2. The van der Waals surface area contributed by atoms with Gasteiger partial charge in [-0.3, -0.25) is 5.10 Å². The first-order valence-electron chi connectivity index (χ1n) is 28.8. The average molecular weight is 1020 g/mol. The Labute approximate surface area is 462 Å². The highest BCUT2D eigenvalue weighted by Crippen LogP contribution is 2.64. The van der Waals surface area contributed by atoms with Gasteiger partial charge in [-0.05, 0) is 213 Å². The van der Waals surface area contributed by atoms with Crippen molar-refractivity contribution in [3.8, 4) is 22.3 Å². The van der Waals surface area contributed by atoms with Gasteiger partial charge >= 0.3 is 0 Å². The van der Waals surface area contributed by atoms with Crippen molar-refractivity contribution >= 4 is 68.6 Å². The van der Waals surface area contributed by atoms with Gasteiger partial charge in [0, 0.05) is 62.6 Å². The zero-order valence-electron chi connectivity index (χ0n) is 47.2. The van der Waals surface area contributed by atoms with Gasteiger partial charge in [-0.25, -0.2) is 0 Å². The van der Waals surface area contributed by atoms with Gasteiger partial charge in [0.15, 0.2) is 0 Å². The van der Waals surface area contributed by atoms with E-state index in [9.17, 15) is 0 Å². The standard InChI is InChI=1S/C72H70BN5/c1-44-30-65-67-66(31-44)77(61-27-22-53(68(2,3)4)36-56(61)45-16-12-11-13-17-45)64-37-55(78-62-26-21-47(52-42-74-75-43-52)33-58(62)71(9)29-28-46-18-14-15-19-57(46)72(71,78)10)24-25-59(64)73(67)60-34-50-40-70(7,8)41-51(50)35-63(60)76(65)54-23-20-48-38-69(5,6)39-49(48)32-54/h11-27,30-37,42-43H,28-29,38-41H2,1-10H3,(H,74,75). The Hall–Kier alpha value is -7.57.